The molecular formula is C15H13NO2. The van der Waals surface area contributed by atoms with E-state index in [0.29, 0.717) is 6.61 Å². The maximum atomic E-state index is 5.83. The van der Waals surface area contributed by atoms with Gasteiger partial charge in [-0.3, -0.25) is 0 Å². The summed E-state index contributed by atoms with van der Waals surface area (Å²) in [6, 6.07) is 11.4. The largest absolute Gasteiger partial charge is 0.494 e. The zero-order valence-electron chi connectivity index (χ0n) is 10.1. The van der Waals surface area contributed by atoms with E-state index in [4.69, 9.17) is 9.47 Å². The molecule has 0 aliphatic carbocycles. The summed E-state index contributed by atoms with van der Waals surface area (Å²) in [6.07, 6.45) is 0. The van der Waals surface area contributed by atoms with E-state index < -0.39 is 0 Å². The summed E-state index contributed by atoms with van der Waals surface area (Å²) < 4.78 is 11.3. The lowest BCUT2D eigenvalue weighted by atomic mass is 10.2. The maximum absolute atomic E-state index is 5.83. The van der Waals surface area contributed by atoms with E-state index in [1.165, 1.54) is 0 Å². The Morgan fingerprint density at radius 2 is 2.06 bits per heavy atom. The quantitative estimate of drug-likeness (QED) is 0.688. The standard InChI is InChI=1S/C15H13NO2/c1-3-17-11-5-7-13-15(9-11)18-14-8-10(2)4-6-12(14)16-13/h4-9H,2-3H2,1H3. The number of fused-ring (bicyclic) bond motifs is 2. The van der Waals surface area contributed by atoms with Crippen LogP contribution in [0.3, 0.4) is 0 Å². The fourth-order valence-corrected chi connectivity index (χ4v) is 1.91. The lowest BCUT2D eigenvalue weighted by Crippen LogP contribution is -2.13. The van der Waals surface area contributed by atoms with Crippen LogP contribution in [0.4, 0.5) is 5.69 Å². The Labute approximate surface area is 105 Å². The fourth-order valence-electron chi connectivity index (χ4n) is 1.91. The first-order chi connectivity index (χ1) is 8.76. The minimum atomic E-state index is 0.634. The first-order valence-electron chi connectivity index (χ1n) is 5.88. The van der Waals surface area contributed by atoms with Gasteiger partial charge in [-0.25, -0.2) is 4.99 Å². The van der Waals surface area contributed by atoms with Crippen molar-refractivity contribution in [3.05, 3.63) is 47.0 Å². The van der Waals surface area contributed by atoms with Crippen molar-refractivity contribution in [3.8, 4) is 17.2 Å². The van der Waals surface area contributed by atoms with E-state index in [1.807, 2.05) is 43.3 Å². The van der Waals surface area contributed by atoms with Gasteiger partial charge in [-0.05, 0) is 36.4 Å². The molecule has 0 bridgehead atoms. The zero-order valence-corrected chi connectivity index (χ0v) is 10.1. The van der Waals surface area contributed by atoms with Crippen molar-refractivity contribution >= 4 is 12.3 Å². The summed E-state index contributed by atoms with van der Waals surface area (Å²) in [5.41, 5.74) is 0.822. The summed E-state index contributed by atoms with van der Waals surface area (Å²) in [6.45, 7) is 6.47. The molecule has 1 aliphatic rings. The summed E-state index contributed by atoms with van der Waals surface area (Å²) in [5.74, 6) is 2.25. The van der Waals surface area contributed by atoms with Crippen LogP contribution >= 0.6 is 0 Å². The summed E-state index contributed by atoms with van der Waals surface area (Å²) in [7, 11) is 0. The van der Waals surface area contributed by atoms with Gasteiger partial charge in [0.2, 0.25) is 0 Å². The van der Waals surface area contributed by atoms with Crippen LogP contribution in [0.1, 0.15) is 6.92 Å². The third-order valence-corrected chi connectivity index (χ3v) is 2.73. The molecule has 3 heteroatoms. The van der Waals surface area contributed by atoms with Crippen molar-refractivity contribution in [3.63, 3.8) is 0 Å². The van der Waals surface area contributed by atoms with Gasteiger partial charge in [-0.15, -0.1) is 0 Å². The van der Waals surface area contributed by atoms with Crippen LogP contribution in [-0.2, 0) is 0 Å². The van der Waals surface area contributed by atoms with E-state index in [2.05, 4.69) is 11.6 Å². The smallest absolute Gasteiger partial charge is 0.156 e. The number of hydrogen-bond donors (Lipinski definition) is 0. The molecule has 0 spiro atoms. The van der Waals surface area contributed by atoms with Crippen LogP contribution in [0.5, 0.6) is 17.2 Å². The van der Waals surface area contributed by atoms with Crippen LogP contribution in [0, 0.1) is 0 Å². The lowest BCUT2D eigenvalue weighted by molar-refractivity contribution is 0.338. The molecule has 2 aromatic carbocycles. The number of rotatable bonds is 2. The summed E-state index contributed by atoms with van der Waals surface area (Å²) in [5, 5.41) is 1.74. The highest BCUT2D eigenvalue weighted by atomic mass is 16.5. The SMILES string of the molecule is C=c1ccc2c(c1)Oc1cc(OCC)ccc1N=2. The first kappa shape index (κ1) is 10.8. The molecule has 1 heterocycles. The van der Waals surface area contributed by atoms with Crippen molar-refractivity contribution in [2.45, 2.75) is 6.92 Å². The van der Waals surface area contributed by atoms with Crippen LogP contribution in [0.2, 0.25) is 0 Å². The molecule has 0 unspecified atom stereocenters. The van der Waals surface area contributed by atoms with Crippen LogP contribution in [0.25, 0.3) is 6.58 Å². The van der Waals surface area contributed by atoms with E-state index in [9.17, 15) is 0 Å². The zero-order chi connectivity index (χ0) is 12.5. The molecule has 0 saturated carbocycles. The third-order valence-electron chi connectivity index (χ3n) is 2.73. The lowest BCUT2D eigenvalue weighted by Gasteiger charge is -2.15. The molecule has 0 N–H and O–H groups in total. The van der Waals surface area contributed by atoms with E-state index >= 15 is 0 Å². The van der Waals surface area contributed by atoms with Crippen molar-refractivity contribution in [2.75, 3.05) is 6.61 Å². The van der Waals surface area contributed by atoms with Gasteiger partial charge in [0.15, 0.2) is 11.5 Å². The Balaban J connectivity index is 2.12. The highest BCUT2D eigenvalue weighted by Crippen LogP contribution is 2.36. The minimum Gasteiger partial charge on any atom is -0.494 e. The molecule has 2 aromatic rings. The van der Waals surface area contributed by atoms with Gasteiger partial charge >= 0.3 is 0 Å². The number of ether oxygens (including phenoxy) is 2. The Kier molecular flexibility index (Phi) is 2.52. The summed E-state index contributed by atoms with van der Waals surface area (Å²) in [4.78, 5) is 4.54. The molecule has 0 atom stereocenters. The van der Waals surface area contributed by atoms with Crippen LogP contribution < -0.4 is 20.0 Å². The topological polar surface area (TPSA) is 30.8 Å². The van der Waals surface area contributed by atoms with E-state index in [-0.39, 0.29) is 0 Å². The van der Waals surface area contributed by atoms with Gasteiger partial charge in [0.25, 0.3) is 0 Å². The molecular weight excluding hydrogens is 226 g/mol. The van der Waals surface area contributed by atoms with Gasteiger partial charge in [-0.1, -0.05) is 12.6 Å². The Bertz CT molecular complexity index is 707. The van der Waals surface area contributed by atoms with Gasteiger partial charge < -0.3 is 9.47 Å². The van der Waals surface area contributed by atoms with Gasteiger partial charge in [0.05, 0.1) is 6.61 Å². The van der Waals surface area contributed by atoms with Crippen molar-refractivity contribution in [2.24, 2.45) is 4.99 Å². The van der Waals surface area contributed by atoms with Gasteiger partial charge in [0.1, 0.15) is 16.8 Å². The van der Waals surface area contributed by atoms with Crippen molar-refractivity contribution in [1.29, 1.82) is 0 Å². The second-order valence-corrected chi connectivity index (χ2v) is 4.08. The fraction of sp³-hybridized carbons (Fsp3) is 0.133. The molecule has 0 aromatic heterocycles. The van der Waals surface area contributed by atoms with Gasteiger partial charge in [-0.2, -0.15) is 0 Å². The highest BCUT2D eigenvalue weighted by Gasteiger charge is 2.12. The molecule has 0 radical (unpaired) electrons. The Hall–Kier alpha value is -2.29. The van der Waals surface area contributed by atoms with Crippen molar-refractivity contribution < 1.29 is 9.47 Å². The second kappa shape index (κ2) is 4.18. The number of nitrogens with zero attached hydrogens (tertiary/aromatic N) is 1. The normalized spacial score (nSPS) is 11.8. The number of hydrogen-bond acceptors (Lipinski definition) is 3. The van der Waals surface area contributed by atoms with Gasteiger partial charge in [0, 0.05) is 6.07 Å². The average molecular weight is 239 g/mol. The molecule has 90 valence electrons. The minimum absolute atomic E-state index is 0.634. The molecule has 18 heavy (non-hydrogen) atoms. The van der Waals surface area contributed by atoms with Crippen LogP contribution in [-0.4, -0.2) is 6.61 Å². The number of benzene rings is 2. The highest BCUT2D eigenvalue weighted by molar-refractivity contribution is 5.58. The maximum Gasteiger partial charge on any atom is 0.156 e. The molecule has 3 nitrogen and oxygen atoms in total. The predicted octanol–water partition coefficient (Wildman–Crippen LogP) is 2.55. The predicted molar refractivity (Wildman–Crippen MR) is 70.1 cm³/mol. The second-order valence-electron chi connectivity index (χ2n) is 4.08. The van der Waals surface area contributed by atoms with E-state index in [0.717, 1.165) is 33.5 Å². The summed E-state index contributed by atoms with van der Waals surface area (Å²) >= 11 is 0. The molecule has 0 amide bonds. The third kappa shape index (κ3) is 1.84. The molecule has 0 fully saturated rings. The monoisotopic (exact) mass is 239 g/mol. The molecule has 0 saturated heterocycles. The van der Waals surface area contributed by atoms with Crippen LogP contribution in [0.15, 0.2) is 41.4 Å². The Morgan fingerprint density at radius 3 is 2.89 bits per heavy atom. The Morgan fingerprint density at radius 1 is 1.17 bits per heavy atom. The molecule has 1 aliphatic heterocycles. The van der Waals surface area contributed by atoms with E-state index in [1.54, 1.807) is 0 Å². The first-order valence-corrected chi connectivity index (χ1v) is 5.88. The average Bonchev–Trinajstić information content (AvgIpc) is 2.36. The van der Waals surface area contributed by atoms with Crippen molar-refractivity contribution in [1.82, 2.24) is 0 Å². The molecule has 3 rings (SSSR count).